The van der Waals surface area contributed by atoms with Crippen LogP contribution >= 0.6 is 7.92 Å². The molecule has 2 aromatic rings. The van der Waals surface area contributed by atoms with E-state index in [0.29, 0.717) is 6.26 Å². The average Bonchev–Trinajstić information content (AvgIpc) is 2.92. The predicted octanol–water partition coefficient (Wildman–Crippen LogP) is 9.10. The van der Waals surface area contributed by atoms with E-state index in [0.717, 1.165) is 62.6 Å². The zero-order valence-electron chi connectivity index (χ0n) is 26.7. The van der Waals surface area contributed by atoms with E-state index in [4.69, 9.17) is 18.7 Å². The van der Waals surface area contributed by atoms with Crippen molar-refractivity contribution in [3.8, 4) is 11.1 Å². The molecule has 0 saturated heterocycles. The Balaban J connectivity index is 0.000000171. The van der Waals surface area contributed by atoms with Crippen molar-refractivity contribution in [2.45, 2.75) is 107 Å². The fourth-order valence-corrected chi connectivity index (χ4v) is 16.8. The molecule has 244 valence electrons. The molecule has 0 atom stereocenters. The zero-order valence-corrected chi connectivity index (χ0v) is 29.9. The van der Waals surface area contributed by atoms with E-state index in [1.54, 1.807) is 89.6 Å². The molecular weight excluding hydrogens is 676 g/mol. The number of nitrogen functional groups attached to an aromatic ring is 1. The van der Waals surface area contributed by atoms with Gasteiger partial charge < -0.3 is 10.3 Å². The van der Waals surface area contributed by atoms with Crippen molar-refractivity contribution < 1.29 is 33.4 Å². The number of nitrogens with two attached hydrogens (primary N) is 1. The second kappa shape index (κ2) is 14.2. The van der Waals surface area contributed by atoms with Crippen LogP contribution in [0.4, 0.5) is 5.69 Å². The minimum Gasteiger partial charge on any atom is -0.748 e. The van der Waals surface area contributed by atoms with E-state index >= 15 is 0 Å². The number of hydrogen-bond acceptors (Lipinski definition) is 4. The van der Waals surface area contributed by atoms with Gasteiger partial charge in [0.1, 0.15) is 0 Å². The fraction of sp³-hybridized carbons (Fsp3) is 0.676. The number of para-hydroxylation sites is 1. The van der Waals surface area contributed by atoms with Crippen LogP contribution in [-0.4, -0.2) is 35.7 Å². The summed E-state index contributed by atoms with van der Waals surface area (Å²) in [5, 5.41) is 1.76. The Labute approximate surface area is 282 Å². The average molecular weight is 728 g/mol. The summed E-state index contributed by atoms with van der Waals surface area (Å²) in [6.45, 7) is 2.45. The van der Waals surface area contributed by atoms with Gasteiger partial charge in [0, 0.05) is 6.26 Å². The van der Waals surface area contributed by atoms with Crippen LogP contribution in [0.5, 0.6) is 0 Å². The number of hydrogen-bond donors (Lipinski definition) is 1. The Hall–Kier alpha value is -0.758. The second-order valence-corrected chi connectivity index (χ2v) is 20.0. The molecule has 0 amide bonds. The van der Waals surface area contributed by atoms with E-state index in [9.17, 15) is 0 Å². The molecular formula is C37H52NO3PPdS. The molecule has 10 rings (SSSR count). The normalized spacial score (nSPS) is 36.3. The Morgan fingerprint density at radius 1 is 0.795 bits per heavy atom. The van der Waals surface area contributed by atoms with Crippen LogP contribution in [0.25, 0.3) is 11.1 Å². The summed E-state index contributed by atoms with van der Waals surface area (Å²) in [6, 6.07) is 18.8. The molecule has 8 aliphatic rings. The van der Waals surface area contributed by atoms with E-state index in [2.05, 4.69) is 13.0 Å². The largest absolute Gasteiger partial charge is 2.00 e. The van der Waals surface area contributed by atoms with Crippen LogP contribution in [0.2, 0.25) is 0 Å². The Morgan fingerprint density at radius 2 is 1.20 bits per heavy atom. The maximum absolute atomic E-state index is 9.08. The summed E-state index contributed by atoms with van der Waals surface area (Å²) >= 11 is 0. The van der Waals surface area contributed by atoms with Crippen LogP contribution in [0.1, 0.15) is 96.8 Å². The molecule has 0 spiro atoms. The molecule has 8 bridgehead atoms. The molecule has 0 heterocycles. The third-order valence-electron chi connectivity index (χ3n) is 11.9. The van der Waals surface area contributed by atoms with Crippen molar-refractivity contribution in [2.75, 3.05) is 18.2 Å². The molecule has 0 aromatic heterocycles. The molecule has 8 aliphatic carbocycles. The topological polar surface area (TPSA) is 83.2 Å². The van der Waals surface area contributed by atoms with Gasteiger partial charge in [-0.25, -0.2) is 8.42 Å². The van der Waals surface area contributed by atoms with Gasteiger partial charge in [-0.05, 0) is 147 Å². The van der Waals surface area contributed by atoms with Crippen molar-refractivity contribution in [1.29, 1.82) is 0 Å². The number of anilines is 1. The second-order valence-electron chi connectivity index (χ2n) is 15.4. The van der Waals surface area contributed by atoms with Crippen molar-refractivity contribution in [1.82, 2.24) is 0 Å². The first kappa shape index (κ1) is 34.6. The van der Waals surface area contributed by atoms with Crippen LogP contribution in [0.3, 0.4) is 0 Å². The molecule has 0 radical (unpaired) electrons. The Bertz CT molecular complexity index is 1230. The van der Waals surface area contributed by atoms with Gasteiger partial charge in [-0.15, -0.1) is 35.9 Å². The first-order valence-electron chi connectivity index (χ1n) is 17.0. The summed E-state index contributed by atoms with van der Waals surface area (Å²) in [4.78, 5) is 0. The van der Waals surface area contributed by atoms with Gasteiger partial charge >= 0.3 is 20.4 Å². The predicted molar refractivity (Wildman–Crippen MR) is 179 cm³/mol. The number of rotatable bonds is 6. The van der Waals surface area contributed by atoms with Crippen LogP contribution in [0, 0.1) is 41.6 Å². The molecule has 0 aliphatic heterocycles. The van der Waals surface area contributed by atoms with Crippen molar-refractivity contribution in [3.63, 3.8) is 0 Å². The maximum Gasteiger partial charge on any atom is 2.00 e. The molecule has 2 aromatic carbocycles. The number of unbranched alkanes of at least 4 members (excludes halogenated alkanes) is 1. The smallest absolute Gasteiger partial charge is 0.748 e. The van der Waals surface area contributed by atoms with E-state index < -0.39 is 10.1 Å². The third kappa shape index (κ3) is 7.85. The van der Waals surface area contributed by atoms with E-state index in [-0.39, 0.29) is 28.3 Å². The van der Waals surface area contributed by atoms with Crippen LogP contribution in [-0.2, 0) is 30.5 Å². The van der Waals surface area contributed by atoms with Crippen LogP contribution < -0.4 is 5.73 Å². The monoisotopic (exact) mass is 727 g/mol. The minimum absolute atomic E-state index is 0. The molecule has 0 unspecified atom stereocenters. The molecule has 4 nitrogen and oxygen atoms in total. The summed E-state index contributed by atoms with van der Waals surface area (Å²) in [6.07, 6.45) is 25.2. The van der Waals surface area contributed by atoms with Crippen molar-refractivity contribution in [2.24, 2.45) is 35.5 Å². The first-order chi connectivity index (χ1) is 20.5. The molecule has 2 N–H and O–H groups in total. The van der Waals surface area contributed by atoms with Gasteiger partial charge in [-0.3, -0.25) is 0 Å². The quantitative estimate of drug-likeness (QED) is 0.106. The maximum atomic E-state index is 9.08. The summed E-state index contributed by atoms with van der Waals surface area (Å²) < 4.78 is 27.2. The van der Waals surface area contributed by atoms with E-state index in [1.165, 1.54) is 6.42 Å². The zero-order chi connectivity index (χ0) is 30.2. The summed E-state index contributed by atoms with van der Waals surface area (Å²) in [5.41, 5.74) is 8.72. The van der Waals surface area contributed by atoms with Gasteiger partial charge in [0.05, 0.1) is 10.1 Å². The SMILES string of the molecule is CCCCP(C12CC3CC(CC(C3)C1)C2)C12CC3CC(CC(C3)C1)C2.CS(=O)(=O)[O-].Nc1ccccc1-c1[c-]cccc1.[Pd+2]. The molecule has 44 heavy (non-hydrogen) atoms. The van der Waals surface area contributed by atoms with Crippen LogP contribution in [0.15, 0.2) is 48.5 Å². The van der Waals surface area contributed by atoms with E-state index in [1.807, 2.05) is 48.5 Å². The van der Waals surface area contributed by atoms with Crippen molar-refractivity contribution >= 4 is 23.7 Å². The summed E-state index contributed by atoms with van der Waals surface area (Å²) in [5.74, 6) is 6.95. The minimum atomic E-state index is -3.92. The Kier molecular flexibility index (Phi) is 11.1. The molecule has 8 fully saturated rings. The third-order valence-corrected chi connectivity index (χ3v) is 16.0. The van der Waals surface area contributed by atoms with Crippen molar-refractivity contribution in [3.05, 3.63) is 54.6 Å². The van der Waals surface area contributed by atoms with Gasteiger partial charge in [-0.1, -0.05) is 45.0 Å². The van der Waals surface area contributed by atoms with Gasteiger partial charge in [0.25, 0.3) is 0 Å². The standard InChI is InChI=1S/C24H39P.C12H10N.CH4O3S.Pd/c1-2-3-4-25(23-11-17-5-18(12-23)7-19(6-17)13-23)24-14-20-8-21(15-24)10-22(9-20)16-24;13-12-9-5-4-8-11(12)10-6-2-1-3-7-10;1-5(2,3)4;/h17-22H,2-16H2,1H3;1-6,8-9H,13H2;1H3,(H,2,3,4);/q;-1;;+2/p-1. The fourth-order valence-electron chi connectivity index (χ4n) is 11.4. The first-order valence-corrected chi connectivity index (χ1v) is 20.4. The Morgan fingerprint density at radius 3 is 1.57 bits per heavy atom. The van der Waals surface area contributed by atoms with Gasteiger partial charge in [-0.2, -0.15) is 0 Å². The van der Waals surface area contributed by atoms with Gasteiger partial charge in [0.2, 0.25) is 0 Å². The molecule has 7 heteroatoms. The number of benzene rings is 2. The molecule has 8 saturated carbocycles. The summed E-state index contributed by atoms with van der Waals surface area (Å²) in [7, 11) is -3.63. The van der Waals surface area contributed by atoms with Gasteiger partial charge in [0.15, 0.2) is 0 Å².